The van der Waals surface area contributed by atoms with Crippen molar-refractivity contribution in [2.75, 3.05) is 21.9 Å². The molecule has 166 valence electrons. The van der Waals surface area contributed by atoms with Crippen LogP contribution in [0.1, 0.15) is 0 Å². The van der Waals surface area contributed by atoms with Crippen molar-refractivity contribution in [2.24, 2.45) is 0 Å². The molecule has 0 atom stereocenters. The highest BCUT2D eigenvalue weighted by molar-refractivity contribution is 7.92. The molecule has 0 aliphatic heterocycles. The van der Waals surface area contributed by atoms with Crippen LogP contribution >= 0.6 is 0 Å². The van der Waals surface area contributed by atoms with E-state index in [1.807, 2.05) is 0 Å². The Morgan fingerprint density at radius 3 is 2.03 bits per heavy atom. The van der Waals surface area contributed by atoms with E-state index >= 15 is 0 Å². The van der Waals surface area contributed by atoms with Crippen molar-refractivity contribution in [1.29, 1.82) is 0 Å². The standard InChI is InChI=1S/C21H18F2N4O4S/c22-18-11-10-17(12-19(18)23)32(30,31)27-16-8-6-15(7-9-16)25-20(28)13-24-21(29)26-14-4-2-1-3-5-14/h1-12,27H,13H2,(H,25,28)(H2,24,26,29). The normalized spacial score (nSPS) is 10.8. The van der Waals surface area contributed by atoms with Crippen molar-refractivity contribution >= 4 is 39.0 Å². The molecule has 8 nitrogen and oxygen atoms in total. The molecule has 3 rings (SSSR count). The number of halogens is 2. The SMILES string of the molecule is O=C(CNC(=O)Nc1ccccc1)Nc1ccc(NS(=O)(=O)c2ccc(F)c(F)c2)cc1. The Hall–Kier alpha value is -3.99. The molecule has 0 unspecified atom stereocenters. The second-order valence-corrected chi connectivity index (χ2v) is 8.16. The third-order valence-corrected chi connectivity index (χ3v) is 5.44. The molecule has 0 bridgehead atoms. The molecular weight excluding hydrogens is 442 g/mol. The van der Waals surface area contributed by atoms with Crippen molar-refractivity contribution in [3.8, 4) is 0 Å². The van der Waals surface area contributed by atoms with Crippen molar-refractivity contribution in [3.63, 3.8) is 0 Å². The molecule has 0 aliphatic rings. The van der Waals surface area contributed by atoms with Crippen LogP contribution in [0.4, 0.5) is 30.6 Å². The zero-order valence-electron chi connectivity index (χ0n) is 16.4. The van der Waals surface area contributed by atoms with Gasteiger partial charge in [0.25, 0.3) is 10.0 Å². The van der Waals surface area contributed by atoms with Crippen molar-refractivity contribution in [2.45, 2.75) is 4.90 Å². The van der Waals surface area contributed by atoms with Crippen molar-refractivity contribution in [1.82, 2.24) is 5.32 Å². The fourth-order valence-electron chi connectivity index (χ4n) is 2.54. The number of carbonyl (C=O) groups excluding carboxylic acids is 2. The van der Waals surface area contributed by atoms with E-state index in [0.29, 0.717) is 17.4 Å². The molecule has 0 heterocycles. The maximum absolute atomic E-state index is 13.3. The van der Waals surface area contributed by atoms with Crippen molar-refractivity contribution in [3.05, 3.63) is 84.4 Å². The van der Waals surface area contributed by atoms with E-state index in [-0.39, 0.29) is 12.2 Å². The van der Waals surface area contributed by atoms with Gasteiger partial charge in [0.05, 0.1) is 11.4 Å². The summed E-state index contributed by atoms with van der Waals surface area (Å²) < 4.78 is 53.1. The molecule has 0 spiro atoms. The zero-order valence-corrected chi connectivity index (χ0v) is 17.2. The van der Waals surface area contributed by atoms with Crippen LogP contribution in [0.25, 0.3) is 0 Å². The lowest BCUT2D eigenvalue weighted by atomic mass is 10.3. The molecule has 32 heavy (non-hydrogen) atoms. The predicted molar refractivity (Wildman–Crippen MR) is 116 cm³/mol. The number of urea groups is 1. The molecule has 0 saturated heterocycles. The van der Waals surface area contributed by atoms with Crippen LogP contribution < -0.4 is 20.7 Å². The Morgan fingerprint density at radius 1 is 0.750 bits per heavy atom. The molecule has 0 radical (unpaired) electrons. The van der Waals surface area contributed by atoms with Crippen LogP contribution in [-0.2, 0) is 14.8 Å². The Labute approximate surface area is 182 Å². The fraction of sp³-hybridized carbons (Fsp3) is 0.0476. The summed E-state index contributed by atoms with van der Waals surface area (Å²) in [4.78, 5) is 23.4. The van der Waals surface area contributed by atoms with Crippen LogP contribution in [0.2, 0.25) is 0 Å². The van der Waals surface area contributed by atoms with Gasteiger partial charge in [0.2, 0.25) is 5.91 Å². The maximum Gasteiger partial charge on any atom is 0.319 e. The van der Waals surface area contributed by atoms with Gasteiger partial charge in [-0.25, -0.2) is 22.0 Å². The Kier molecular flexibility index (Phi) is 7.00. The van der Waals surface area contributed by atoms with Gasteiger partial charge in [0.15, 0.2) is 11.6 Å². The molecule has 3 aromatic rings. The van der Waals surface area contributed by atoms with Gasteiger partial charge in [0, 0.05) is 17.1 Å². The fourth-order valence-corrected chi connectivity index (χ4v) is 3.61. The summed E-state index contributed by atoms with van der Waals surface area (Å²) in [5.41, 5.74) is 1.08. The number of anilines is 3. The lowest BCUT2D eigenvalue weighted by molar-refractivity contribution is -0.115. The zero-order chi connectivity index (χ0) is 23.1. The molecule has 3 aromatic carbocycles. The first-order valence-electron chi connectivity index (χ1n) is 9.20. The minimum atomic E-state index is -4.13. The molecule has 0 aliphatic carbocycles. The third-order valence-electron chi connectivity index (χ3n) is 4.06. The lowest BCUT2D eigenvalue weighted by Gasteiger charge is -2.10. The molecule has 0 saturated carbocycles. The number of hydrogen-bond donors (Lipinski definition) is 4. The number of benzene rings is 3. The summed E-state index contributed by atoms with van der Waals surface area (Å²) in [6.45, 7) is -0.289. The monoisotopic (exact) mass is 460 g/mol. The first-order chi connectivity index (χ1) is 15.2. The molecule has 4 N–H and O–H groups in total. The van der Waals surface area contributed by atoms with E-state index in [4.69, 9.17) is 0 Å². The number of para-hydroxylation sites is 1. The van der Waals surface area contributed by atoms with Gasteiger partial charge in [-0.2, -0.15) is 0 Å². The minimum Gasteiger partial charge on any atom is -0.329 e. The minimum absolute atomic E-state index is 0.146. The average molecular weight is 460 g/mol. The second kappa shape index (κ2) is 9.88. The van der Waals surface area contributed by atoms with Crippen LogP contribution in [0.5, 0.6) is 0 Å². The highest BCUT2D eigenvalue weighted by Gasteiger charge is 2.17. The summed E-state index contributed by atoms with van der Waals surface area (Å²) in [6, 6.07) is 16.0. The number of hydrogen-bond acceptors (Lipinski definition) is 4. The number of nitrogens with one attached hydrogen (secondary N) is 4. The highest BCUT2D eigenvalue weighted by atomic mass is 32.2. The van der Waals surface area contributed by atoms with Crippen LogP contribution in [0.15, 0.2) is 77.7 Å². The number of amides is 3. The van der Waals surface area contributed by atoms with Gasteiger partial charge in [-0.1, -0.05) is 18.2 Å². The number of sulfonamides is 1. The Bertz CT molecular complexity index is 1220. The summed E-state index contributed by atoms with van der Waals surface area (Å²) in [7, 11) is -4.13. The lowest BCUT2D eigenvalue weighted by Crippen LogP contribution is -2.35. The van der Waals surface area contributed by atoms with Gasteiger partial charge in [0.1, 0.15) is 0 Å². The van der Waals surface area contributed by atoms with Crippen LogP contribution in [0.3, 0.4) is 0 Å². The van der Waals surface area contributed by atoms with E-state index in [2.05, 4.69) is 20.7 Å². The first-order valence-corrected chi connectivity index (χ1v) is 10.7. The molecular formula is C21H18F2N4O4S. The van der Waals surface area contributed by atoms with Crippen LogP contribution in [0, 0.1) is 11.6 Å². The van der Waals surface area contributed by atoms with Gasteiger partial charge >= 0.3 is 6.03 Å². The van der Waals surface area contributed by atoms with Gasteiger partial charge in [-0.05, 0) is 54.6 Å². The molecule has 11 heteroatoms. The quantitative estimate of drug-likeness (QED) is 0.432. The van der Waals surface area contributed by atoms with E-state index in [0.717, 1.165) is 12.1 Å². The summed E-state index contributed by atoms with van der Waals surface area (Å²) in [5, 5.41) is 7.53. The molecule has 0 aromatic heterocycles. The van der Waals surface area contributed by atoms with Gasteiger partial charge < -0.3 is 16.0 Å². The average Bonchev–Trinajstić information content (AvgIpc) is 2.76. The topological polar surface area (TPSA) is 116 Å². The Morgan fingerprint density at radius 2 is 1.38 bits per heavy atom. The van der Waals surface area contributed by atoms with E-state index in [9.17, 15) is 26.8 Å². The number of rotatable bonds is 7. The van der Waals surface area contributed by atoms with Crippen LogP contribution in [-0.4, -0.2) is 26.9 Å². The molecule has 3 amide bonds. The predicted octanol–water partition coefficient (Wildman–Crippen LogP) is 3.53. The maximum atomic E-state index is 13.3. The van der Waals surface area contributed by atoms with E-state index in [1.165, 1.54) is 24.3 Å². The Balaban J connectivity index is 1.52. The second-order valence-electron chi connectivity index (χ2n) is 6.48. The summed E-state index contributed by atoms with van der Waals surface area (Å²) >= 11 is 0. The van der Waals surface area contributed by atoms with Gasteiger partial charge in [-0.3, -0.25) is 9.52 Å². The number of carbonyl (C=O) groups is 2. The van der Waals surface area contributed by atoms with Crippen molar-refractivity contribution < 1.29 is 26.8 Å². The molecule has 0 fully saturated rings. The van der Waals surface area contributed by atoms with E-state index in [1.54, 1.807) is 30.3 Å². The third kappa shape index (κ3) is 6.25. The largest absolute Gasteiger partial charge is 0.329 e. The summed E-state index contributed by atoms with van der Waals surface area (Å²) in [6.07, 6.45) is 0. The smallest absolute Gasteiger partial charge is 0.319 e. The van der Waals surface area contributed by atoms with E-state index < -0.39 is 38.5 Å². The highest BCUT2D eigenvalue weighted by Crippen LogP contribution is 2.20. The van der Waals surface area contributed by atoms with Gasteiger partial charge in [-0.15, -0.1) is 0 Å². The first kappa shape index (κ1) is 22.7. The summed E-state index contributed by atoms with van der Waals surface area (Å²) in [5.74, 6) is -2.93.